The number of thioether (sulfide) groups is 1. The van der Waals surface area contributed by atoms with Crippen molar-refractivity contribution in [2.24, 2.45) is 0 Å². The fourth-order valence-electron chi connectivity index (χ4n) is 2.02. The number of aromatic nitrogens is 2. The van der Waals surface area contributed by atoms with E-state index in [9.17, 15) is 4.79 Å². The number of nitrogens with zero attached hydrogens (tertiary/aromatic N) is 3. The Hall–Kier alpha value is -1.14. The highest BCUT2D eigenvalue weighted by molar-refractivity contribution is 7.98. The maximum absolute atomic E-state index is 11.0. The van der Waals surface area contributed by atoms with Gasteiger partial charge in [0.15, 0.2) is 11.4 Å². The second-order valence-corrected chi connectivity index (χ2v) is 5.27. The number of hydrogen-bond donors (Lipinski definition) is 1. The monoisotopic (exact) mass is 266 g/mol. The van der Waals surface area contributed by atoms with Gasteiger partial charge in [0.2, 0.25) is 0 Å². The molecule has 2 heterocycles. The first kappa shape index (κ1) is 13.3. The molecule has 0 radical (unpaired) electrons. The number of piperidine rings is 1. The topological polar surface area (TPSA) is 58.1 Å². The lowest BCUT2D eigenvalue weighted by molar-refractivity contribution is 0.112. The van der Waals surface area contributed by atoms with Gasteiger partial charge in [-0.1, -0.05) is 11.8 Å². The quantitative estimate of drug-likeness (QED) is 0.506. The predicted molar refractivity (Wildman–Crippen MR) is 73.3 cm³/mol. The number of hydrogen-bond acceptors (Lipinski definition) is 6. The number of carbonyl (C=O) groups excluding carboxylic acids is 1. The summed E-state index contributed by atoms with van der Waals surface area (Å²) in [6.45, 7) is 2.16. The molecule has 0 aromatic carbocycles. The van der Waals surface area contributed by atoms with Crippen molar-refractivity contribution in [2.45, 2.75) is 24.0 Å². The van der Waals surface area contributed by atoms with E-state index < -0.39 is 0 Å². The van der Waals surface area contributed by atoms with Gasteiger partial charge in [-0.2, -0.15) is 0 Å². The first-order chi connectivity index (χ1) is 8.72. The molecule has 1 aromatic rings. The minimum atomic E-state index is 0.393. The highest BCUT2D eigenvalue weighted by Crippen LogP contribution is 2.19. The largest absolute Gasteiger partial charge is 0.367 e. The Bertz CT molecular complexity index is 419. The molecule has 6 heteroatoms. The zero-order chi connectivity index (χ0) is 13.0. The molecule has 0 amide bonds. The molecule has 1 aliphatic rings. The fourth-order valence-corrected chi connectivity index (χ4v) is 2.36. The Labute approximate surface area is 111 Å². The van der Waals surface area contributed by atoms with Crippen molar-refractivity contribution in [3.05, 3.63) is 11.8 Å². The summed E-state index contributed by atoms with van der Waals surface area (Å²) in [6.07, 6.45) is 6.47. The van der Waals surface area contributed by atoms with Crippen LogP contribution in [-0.4, -0.2) is 53.6 Å². The van der Waals surface area contributed by atoms with Crippen LogP contribution in [-0.2, 0) is 0 Å². The summed E-state index contributed by atoms with van der Waals surface area (Å²) in [5, 5.41) is 4.06. The molecule has 2 rings (SSSR count). The van der Waals surface area contributed by atoms with Crippen LogP contribution in [0, 0.1) is 0 Å². The van der Waals surface area contributed by atoms with Gasteiger partial charge in [0.1, 0.15) is 5.82 Å². The first-order valence-corrected chi connectivity index (χ1v) is 7.26. The number of anilines is 1. The van der Waals surface area contributed by atoms with Crippen LogP contribution in [0.15, 0.2) is 11.4 Å². The lowest BCUT2D eigenvalue weighted by atomic mass is 10.1. The van der Waals surface area contributed by atoms with Gasteiger partial charge in [0, 0.05) is 12.2 Å². The van der Waals surface area contributed by atoms with Crippen molar-refractivity contribution < 1.29 is 4.79 Å². The van der Waals surface area contributed by atoms with E-state index in [0.717, 1.165) is 32.2 Å². The first-order valence-electron chi connectivity index (χ1n) is 6.04. The van der Waals surface area contributed by atoms with Crippen LogP contribution < -0.4 is 5.32 Å². The van der Waals surface area contributed by atoms with Gasteiger partial charge in [-0.3, -0.25) is 4.79 Å². The molecule has 0 unspecified atom stereocenters. The Morgan fingerprint density at radius 3 is 2.83 bits per heavy atom. The van der Waals surface area contributed by atoms with E-state index in [1.807, 2.05) is 6.26 Å². The third-order valence-electron chi connectivity index (χ3n) is 3.16. The summed E-state index contributed by atoms with van der Waals surface area (Å²) in [4.78, 5) is 21.8. The van der Waals surface area contributed by atoms with Crippen molar-refractivity contribution in [1.82, 2.24) is 14.9 Å². The number of aldehydes is 1. The summed E-state index contributed by atoms with van der Waals surface area (Å²) < 4.78 is 0. The van der Waals surface area contributed by atoms with Gasteiger partial charge in [-0.05, 0) is 39.2 Å². The molecular formula is C12H18N4OS. The van der Waals surface area contributed by atoms with Crippen LogP contribution in [0.4, 0.5) is 5.82 Å². The van der Waals surface area contributed by atoms with E-state index in [1.165, 1.54) is 11.8 Å². The van der Waals surface area contributed by atoms with Crippen LogP contribution >= 0.6 is 11.8 Å². The summed E-state index contributed by atoms with van der Waals surface area (Å²) >= 11 is 1.48. The molecule has 5 nitrogen and oxygen atoms in total. The number of nitrogens with one attached hydrogen (secondary N) is 1. The average Bonchev–Trinajstić information content (AvgIpc) is 2.41. The van der Waals surface area contributed by atoms with E-state index >= 15 is 0 Å². The SMILES string of the molecule is CSc1ncc(C=O)c(NC2CCN(C)CC2)n1. The third kappa shape index (κ3) is 3.20. The second kappa shape index (κ2) is 6.15. The average molecular weight is 266 g/mol. The van der Waals surface area contributed by atoms with Crippen LogP contribution in [0.25, 0.3) is 0 Å². The van der Waals surface area contributed by atoms with Crippen molar-refractivity contribution in [1.29, 1.82) is 0 Å². The standard InChI is InChI=1S/C12H18N4OS/c1-16-5-3-10(4-6-16)14-11-9(8-17)7-13-12(15-11)18-2/h7-8,10H,3-6H2,1-2H3,(H,13,14,15). The molecule has 1 saturated heterocycles. The van der Waals surface area contributed by atoms with Crippen molar-refractivity contribution in [3.8, 4) is 0 Å². The second-order valence-electron chi connectivity index (χ2n) is 4.50. The molecule has 0 atom stereocenters. The third-order valence-corrected chi connectivity index (χ3v) is 3.73. The summed E-state index contributed by atoms with van der Waals surface area (Å²) in [5.74, 6) is 0.666. The van der Waals surface area contributed by atoms with Gasteiger partial charge in [-0.25, -0.2) is 9.97 Å². The molecule has 18 heavy (non-hydrogen) atoms. The van der Waals surface area contributed by atoms with E-state index in [1.54, 1.807) is 6.20 Å². The summed E-state index contributed by atoms with van der Waals surface area (Å²) in [5.41, 5.74) is 0.534. The Balaban J connectivity index is 2.09. The summed E-state index contributed by atoms with van der Waals surface area (Å²) in [6, 6.07) is 0.393. The van der Waals surface area contributed by atoms with Crippen molar-refractivity contribution in [2.75, 3.05) is 31.7 Å². The lowest BCUT2D eigenvalue weighted by Crippen LogP contribution is -2.37. The predicted octanol–water partition coefficient (Wildman–Crippen LogP) is 1.52. The number of carbonyl (C=O) groups is 1. The molecule has 1 aliphatic heterocycles. The normalized spacial score (nSPS) is 17.7. The fraction of sp³-hybridized carbons (Fsp3) is 0.583. The number of rotatable bonds is 4. The molecule has 0 bridgehead atoms. The maximum atomic E-state index is 11.0. The Morgan fingerprint density at radius 2 is 2.22 bits per heavy atom. The van der Waals surface area contributed by atoms with E-state index in [-0.39, 0.29) is 0 Å². The smallest absolute Gasteiger partial charge is 0.189 e. The molecule has 1 fully saturated rings. The minimum absolute atomic E-state index is 0.393. The molecule has 98 valence electrons. The highest BCUT2D eigenvalue weighted by Gasteiger charge is 2.18. The van der Waals surface area contributed by atoms with Crippen molar-refractivity contribution >= 4 is 23.9 Å². The van der Waals surface area contributed by atoms with E-state index in [2.05, 4.69) is 27.2 Å². The Morgan fingerprint density at radius 1 is 1.50 bits per heavy atom. The van der Waals surface area contributed by atoms with Gasteiger partial charge < -0.3 is 10.2 Å². The van der Waals surface area contributed by atoms with Gasteiger partial charge in [-0.15, -0.1) is 0 Å². The molecule has 1 aromatic heterocycles. The van der Waals surface area contributed by atoms with Gasteiger partial charge in [0.25, 0.3) is 0 Å². The molecule has 0 saturated carbocycles. The molecule has 1 N–H and O–H groups in total. The van der Waals surface area contributed by atoms with Crippen LogP contribution in [0.1, 0.15) is 23.2 Å². The Kier molecular flexibility index (Phi) is 4.54. The molecule has 0 spiro atoms. The van der Waals surface area contributed by atoms with Gasteiger partial charge >= 0.3 is 0 Å². The van der Waals surface area contributed by atoms with Crippen LogP contribution in [0.2, 0.25) is 0 Å². The van der Waals surface area contributed by atoms with Crippen LogP contribution in [0.3, 0.4) is 0 Å². The number of likely N-dealkylation sites (tertiary alicyclic amines) is 1. The van der Waals surface area contributed by atoms with E-state index in [0.29, 0.717) is 22.6 Å². The van der Waals surface area contributed by atoms with Gasteiger partial charge in [0.05, 0.1) is 5.56 Å². The molecular weight excluding hydrogens is 248 g/mol. The lowest BCUT2D eigenvalue weighted by Gasteiger charge is -2.30. The van der Waals surface area contributed by atoms with Crippen molar-refractivity contribution in [3.63, 3.8) is 0 Å². The van der Waals surface area contributed by atoms with E-state index in [4.69, 9.17) is 0 Å². The molecule has 0 aliphatic carbocycles. The van der Waals surface area contributed by atoms with Crippen LogP contribution in [0.5, 0.6) is 0 Å². The highest BCUT2D eigenvalue weighted by atomic mass is 32.2. The zero-order valence-corrected chi connectivity index (χ0v) is 11.5. The maximum Gasteiger partial charge on any atom is 0.189 e. The summed E-state index contributed by atoms with van der Waals surface area (Å²) in [7, 11) is 2.13. The zero-order valence-electron chi connectivity index (χ0n) is 10.7. The minimum Gasteiger partial charge on any atom is -0.367 e.